The van der Waals surface area contributed by atoms with Crippen molar-refractivity contribution in [1.29, 1.82) is 0 Å². The van der Waals surface area contributed by atoms with Crippen molar-refractivity contribution in [3.63, 3.8) is 0 Å². The van der Waals surface area contributed by atoms with Gasteiger partial charge in [-0.3, -0.25) is 9.59 Å². The Labute approximate surface area is 161 Å². The quantitative estimate of drug-likeness (QED) is 0.498. The van der Waals surface area contributed by atoms with Crippen molar-refractivity contribution in [2.45, 2.75) is 39.4 Å². The average molecular weight is 397 g/mol. The van der Waals surface area contributed by atoms with Gasteiger partial charge in [-0.1, -0.05) is 18.2 Å². The number of ketones is 1. The molecule has 0 radical (unpaired) electrons. The Balaban J connectivity index is 1.93. The molecule has 5 nitrogen and oxygen atoms in total. The molecule has 0 amide bonds. The number of methoxy groups -OCH3 is 1. The van der Waals surface area contributed by atoms with Crippen molar-refractivity contribution in [2.75, 3.05) is 13.7 Å². The molecule has 1 aromatic carbocycles. The van der Waals surface area contributed by atoms with Crippen LogP contribution in [0.25, 0.3) is 0 Å². The first-order valence-corrected chi connectivity index (χ1v) is 8.66. The molecular weight excluding hydrogens is 375 g/mol. The highest BCUT2D eigenvalue weighted by Gasteiger charge is 2.30. The number of hydrogen-bond donors (Lipinski definition) is 0. The SMILES string of the molecule is COc1ccccc1CCC(=O)OCC(=O)c1cc(C)n(CC(F)(F)F)c1C. The number of carbonyl (C=O) groups excluding carboxylic acids is 2. The number of nitrogens with zero attached hydrogens (tertiary/aromatic N) is 1. The van der Waals surface area contributed by atoms with E-state index in [9.17, 15) is 22.8 Å². The fourth-order valence-electron chi connectivity index (χ4n) is 2.95. The summed E-state index contributed by atoms with van der Waals surface area (Å²) in [5.74, 6) is -0.445. The van der Waals surface area contributed by atoms with Gasteiger partial charge in [0.2, 0.25) is 5.78 Å². The van der Waals surface area contributed by atoms with Crippen LogP contribution in [0.5, 0.6) is 5.75 Å². The lowest BCUT2D eigenvalue weighted by Gasteiger charge is -2.12. The summed E-state index contributed by atoms with van der Waals surface area (Å²) in [7, 11) is 1.53. The van der Waals surface area contributed by atoms with Gasteiger partial charge in [0.05, 0.1) is 7.11 Å². The number of halogens is 3. The third-order valence-corrected chi connectivity index (χ3v) is 4.37. The van der Waals surface area contributed by atoms with Gasteiger partial charge in [0.15, 0.2) is 6.61 Å². The van der Waals surface area contributed by atoms with E-state index in [0.29, 0.717) is 17.9 Å². The van der Waals surface area contributed by atoms with E-state index in [1.165, 1.54) is 27.0 Å². The summed E-state index contributed by atoms with van der Waals surface area (Å²) in [6, 6.07) is 8.62. The molecule has 0 saturated carbocycles. The van der Waals surface area contributed by atoms with Crippen molar-refractivity contribution in [1.82, 2.24) is 4.57 Å². The van der Waals surface area contributed by atoms with Crippen LogP contribution in [0.1, 0.15) is 33.7 Å². The third kappa shape index (κ3) is 5.61. The Hall–Kier alpha value is -2.77. The number of rotatable bonds is 8. The highest BCUT2D eigenvalue weighted by molar-refractivity contribution is 5.99. The molecule has 0 bridgehead atoms. The maximum Gasteiger partial charge on any atom is 0.406 e. The average Bonchev–Trinajstić information content (AvgIpc) is 2.91. The molecule has 152 valence electrons. The molecule has 0 saturated heterocycles. The van der Waals surface area contributed by atoms with E-state index in [1.54, 1.807) is 6.07 Å². The molecule has 1 aromatic heterocycles. The van der Waals surface area contributed by atoms with Crippen LogP contribution in [0.3, 0.4) is 0 Å². The van der Waals surface area contributed by atoms with E-state index in [4.69, 9.17) is 9.47 Å². The molecule has 0 atom stereocenters. The van der Waals surface area contributed by atoms with Crippen LogP contribution in [0.15, 0.2) is 30.3 Å². The lowest BCUT2D eigenvalue weighted by Crippen LogP contribution is -2.20. The smallest absolute Gasteiger partial charge is 0.406 e. The van der Waals surface area contributed by atoms with Gasteiger partial charge in [0, 0.05) is 23.4 Å². The standard InChI is InChI=1S/C20H22F3NO4/c1-13-10-16(14(2)24(13)12-20(21,22)23)17(25)11-28-19(26)9-8-15-6-4-5-7-18(15)27-3/h4-7,10H,8-9,11-12H2,1-3H3. The molecule has 0 N–H and O–H groups in total. The van der Waals surface area contributed by atoms with Crippen LogP contribution < -0.4 is 4.74 Å². The summed E-state index contributed by atoms with van der Waals surface area (Å²) < 4.78 is 49.2. The Morgan fingerprint density at radius 1 is 1.14 bits per heavy atom. The van der Waals surface area contributed by atoms with Crippen LogP contribution in [-0.4, -0.2) is 36.2 Å². The minimum Gasteiger partial charge on any atom is -0.496 e. The molecule has 0 aliphatic carbocycles. The van der Waals surface area contributed by atoms with Crippen LogP contribution in [0, 0.1) is 13.8 Å². The number of esters is 1. The first kappa shape index (κ1) is 21.5. The Bertz CT molecular complexity index is 856. The van der Waals surface area contributed by atoms with Crippen LogP contribution in [0.2, 0.25) is 0 Å². The van der Waals surface area contributed by atoms with E-state index < -0.39 is 31.1 Å². The summed E-state index contributed by atoms with van der Waals surface area (Å²) in [6.45, 7) is 1.25. The second-order valence-corrected chi connectivity index (χ2v) is 6.38. The maximum absolute atomic E-state index is 12.7. The normalized spacial score (nSPS) is 11.4. The van der Waals surface area contributed by atoms with Crippen molar-refractivity contribution in [3.8, 4) is 5.75 Å². The minimum absolute atomic E-state index is 0.0563. The summed E-state index contributed by atoms with van der Waals surface area (Å²) in [5, 5.41) is 0. The molecular formula is C20H22F3NO4. The van der Waals surface area contributed by atoms with E-state index >= 15 is 0 Å². The highest BCUT2D eigenvalue weighted by Crippen LogP contribution is 2.23. The summed E-state index contributed by atoms with van der Waals surface area (Å²) in [6.07, 6.45) is -3.95. The van der Waals surface area contributed by atoms with E-state index in [2.05, 4.69) is 0 Å². The minimum atomic E-state index is -4.39. The monoisotopic (exact) mass is 397 g/mol. The van der Waals surface area contributed by atoms with E-state index in [-0.39, 0.29) is 17.7 Å². The van der Waals surface area contributed by atoms with Gasteiger partial charge in [-0.2, -0.15) is 13.2 Å². The Morgan fingerprint density at radius 2 is 1.82 bits per heavy atom. The molecule has 28 heavy (non-hydrogen) atoms. The van der Waals surface area contributed by atoms with Gasteiger partial charge in [-0.25, -0.2) is 0 Å². The Morgan fingerprint density at radius 3 is 2.46 bits per heavy atom. The summed E-state index contributed by atoms with van der Waals surface area (Å²) >= 11 is 0. The van der Waals surface area contributed by atoms with E-state index in [1.807, 2.05) is 18.2 Å². The topological polar surface area (TPSA) is 57.5 Å². The van der Waals surface area contributed by atoms with Crippen LogP contribution in [-0.2, 0) is 22.5 Å². The third-order valence-electron chi connectivity index (χ3n) is 4.37. The fraction of sp³-hybridized carbons (Fsp3) is 0.400. The van der Waals surface area contributed by atoms with Gasteiger partial charge in [-0.15, -0.1) is 0 Å². The van der Waals surface area contributed by atoms with Crippen molar-refractivity contribution < 1.29 is 32.2 Å². The zero-order chi connectivity index (χ0) is 20.9. The predicted molar refractivity (Wildman–Crippen MR) is 96.6 cm³/mol. The first-order chi connectivity index (χ1) is 13.1. The zero-order valence-corrected chi connectivity index (χ0v) is 15.9. The van der Waals surface area contributed by atoms with Crippen LogP contribution in [0.4, 0.5) is 13.2 Å². The van der Waals surface area contributed by atoms with Gasteiger partial charge in [0.1, 0.15) is 12.3 Å². The largest absolute Gasteiger partial charge is 0.496 e. The number of aryl methyl sites for hydroxylation is 2. The molecule has 1 heterocycles. The molecule has 0 spiro atoms. The number of benzene rings is 1. The van der Waals surface area contributed by atoms with Crippen molar-refractivity contribution >= 4 is 11.8 Å². The maximum atomic E-state index is 12.7. The number of hydrogen-bond acceptors (Lipinski definition) is 4. The second kappa shape index (κ2) is 8.95. The van der Waals surface area contributed by atoms with Crippen molar-refractivity contribution in [2.24, 2.45) is 0 Å². The predicted octanol–water partition coefficient (Wildman–Crippen LogP) is 4.03. The van der Waals surface area contributed by atoms with Crippen LogP contribution >= 0.6 is 0 Å². The molecule has 0 unspecified atom stereocenters. The van der Waals surface area contributed by atoms with Gasteiger partial charge in [-0.05, 0) is 38.0 Å². The van der Waals surface area contributed by atoms with Crippen molar-refractivity contribution in [3.05, 3.63) is 52.8 Å². The fourth-order valence-corrected chi connectivity index (χ4v) is 2.95. The number of carbonyl (C=O) groups is 2. The second-order valence-electron chi connectivity index (χ2n) is 6.38. The molecule has 2 rings (SSSR count). The Kier molecular flexibility index (Phi) is 6.88. The summed E-state index contributed by atoms with van der Waals surface area (Å²) in [5.41, 5.74) is 1.48. The molecule has 2 aromatic rings. The van der Waals surface area contributed by atoms with Gasteiger partial charge in [0.25, 0.3) is 0 Å². The van der Waals surface area contributed by atoms with Gasteiger partial charge < -0.3 is 14.0 Å². The van der Waals surface area contributed by atoms with Gasteiger partial charge >= 0.3 is 12.1 Å². The molecule has 0 fully saturated rings. The van der Waals surface area contributed by atoms with E-state index in [0.717, 1.165) is 10.1 Å². The number of Topliss-reactive ketones (excluding diaryl/α,β-unsaturated/α-hetero) is 1. The number of ether oxygens (including phenoxy) is 2. The molecule has 0 aliphatic rings. The molecule has 8 heteroatoms. The number of para-hydroxylation sites is 1. The number of alkyl halides is 3. The zero-order valence-electron chi connectivity index (χ0n) is 15.9. The lowest BCUT2D eigenvalue weighted by molar-refractivity contribution is -0.142. The first-order valence-electron chi connectivity index (χ1n) is 8.66. The highest BCUT2D eigenvalue weighted by atomic mass is 19.4. The lowest BCUT2D eigenvalue weighted by atomic mass is 10.1. The molecule has 0 aliphatic heterocycles. The number of aromatic nitrogens is 1. The summed E-state index contributed by atoms with van der Waals surface area (Å²) in [4.78, 5) is 24.2.